The number of methoxy groups -OCH3 is 1. The molecule has 3 aromatic heterocycles. The molecule has 0 bridgehead atoms. The number of anilines is 2. The van der Waals surface area contributed by atoms with Crippen LogP contribution >= 0.6 is 0 Å². The van der Waals surface area contributed by atoms with Gasteiger partial charge in [-0.25, -0.2) is 9.97 Å². The number of morpholine rings is 1. The molecule has 2 fully saturated rings. The third-order valence-electron chi connectivity index (χ3n) is 7.80. The predicted octanol–water partition coefficient (Wildman–Crippen LogP) is 3.79. The summed E-state index contributed by atoms with van der Waals surface area (Å²) in [6, 6.07) is 13.7. The van der Waals surface area contributed by atoms with E-state index in [0.717, 1.165) is 54.0 Å². The fourth-order valence-corrected chi connectivity index (χ4v) is 5.45. The standard InChI is InChI=1S/C31H34N6O4/c1-40-26-7-10-35(11-8-26)29(38)18-22-3-2-4-23(17-22)25-19-27(30-32-9-12-37(30)21-25)34-28-6-5-24(20-33-28)31(39)36-13-15-41-16-14-36/h2-6,9,12,17,19-21,26H,7-8,10-11,13-16,18H2,1H3,(H,33,34). The second kappa shape index (κ2) is 12.1. The number of amides is 2. The number of rotatable bonds is 7. The van der Waals surface area contributed by atoms with Gasteiger partial charge in [-0.15, -0.1) is 0 Å². The molecule has 0 saturated carbocycles. The van der Waals surface area contributed by atoms with Crippen LogP contribution in [0.2, 0.25) is 0 Å². The van der Waals surface area contributed by atoms with E-state index < -0.39 is 0 Å². The molecule has 41 heavy (non-hydrogen) atoms. The molecule has 5 heterocycles. The second-order valence-electron chi connectivity index (χ2n) is 10.5. The van der Waals surface area contributed by atoms with Crippen molar-refractivity contribution in [3.8, 4) is 11.1 Å². The highest BCUT2D eigenvalue weighted by molar-refractivity contribution is 5.94. The molecule has 1 N–H and O–H groups in total. The van der Waals surface area contributed by atoms with Gasteiger partial charge in [0, 0.05) is 63.6 Å². The maximum Gasteiger partial charge on any atom is 0.255 e. The number of nitrogens with zero attached hydrogens (tertiary/aromatic N) is 5. The molecular weight excluding hydrogens is 520 g/mol. The van der Waals surface area contributed by atoms with E-state index in [2.05, 4.69) is 21.4 Å². The van der Waals surface area contributed by atoms with Crippen LogP contribution in [0.5, 0.6) is 0 Å². The van der Waals surface area contributed by atoms with Crippen molar-refractivity contribution in [1.29, 1.82) is 0 Å². The molecule has 212 valence electrons. The Bertz CT molecular complexity index is 1520. The molecule has 0 unspecified atom stereocenters. The van der Waals surface area contributed by atoms with Gasteiger partial charge in [-0.05, 0) is 42.2 Å². The number of likely N-dealkylation sites (tertiary alicyclic amines) is 1. The molecule has 4 aromatic rings. The fourth-order valence-electron chi connectivity index (χ4n) is 5.45. The minimum Gasteiger partial charge on any atom is -0.381 e. The average Bonchev–Trinajstić information content (AvgIpc) is 3.51. The molecule has 2 saturated heterocycles. The van der Waals surface area contributed by atoms with Crippen LogP contribution in [0.4, 0.5) is 11.5 Å². The Labute approximate surface area is 238 Å². The molecule has 10 heteroatoms. The summed E-state index contributed by atoms with van der Waals surface area (Å²) in [6.07, 6.45) is 9.65. The number of hydrogen-bond acceptors (Lipinski definition) is 7. The second-order valence-corrected chi connectivity index (χ2v) is 10.5. The van der Waals surface area contributed by atoms with Crippen molar-refractivity contribution in [3.63, 3.8) is 0 Å². The third kappa shape index (κ3) is 6.08. The number of fused-ring (bicyclic) bond motifs is 1. The zero-order chi connectivity index (χ0) is 28.2. The Hall–Kier alpha value is -4.28. The highest BCUT2D eigenvalue weighted by Crippen LogP contribution is 2.29. The van der Waals surface area contributed by atoms with Gasteiger partial charge in [-0.2, -0.15) is 0 Å². The van der Waals surface area contributed by atoms with Crippen LogP contribution in [-0.4, -0.2) is 88.6 Å². The number of hydrogen-bond donors (Lipinski definition) is 1. The van der Waals surface area contributed by atoms with Gasteiger partial charge >= 0.3 is 0 Å². The number of benzene rings is 1. The number of imidazole rings is 1. The minimum atomic E-state index is -0.0391. The highest BCUT2D eigenvalue weighted by atomic mass is 16.5. The summed E-state index contributed by atoms with van der Waals surface area (Å²) in [6.45, 7) is 3.77. The van der Waals surface area contributed by atoms with Crippen LogP contribution < -0.4 is 5.32 Å². The monoisotopic (exact) mass is 554 g/mol. The lowest BCUT2D eigenvalue weighted by molar-refractivity contribution is -0.132. The van der Waals surface area contributed by atoms with Crippen molar-refractivity contribution < 1.29 is 19.1 Å². The van der Waals surface area contributed by atoms with Crippen molar-refractivity contribution in [2.45, 2.75) is 25.4 Å². The number of piperidine rings is 1. The summed E-state index contributed by atoms with van der Waals surface area (Å²) in [5, 5.41) is 3.38. The molecule has 0 atom stereocenters. The molecule has 2 amide bonds. The Balaban J connectivity index is 1.19. The van der Waals surface area contributed by atoms with E-state index in [4.69, 9.17) is 9.47 Å². The normalized spacial score (nSPS) is 16.2. The zero-order valence-corrected chi connectivity index (χ0v) is 23.2. The lowest BCUT2D eigenvalue weighted by atomic mass is 10.0. The van der Waals surface area contributed by atoms with Crippen molar-refractivity contribution in [2.75, 3.05) is 51.8 Å². The van der Waals surface area contributed by atoms with Crippen molar-refractivity contribution >= 4 is 29.0 Å². The van der Waals surface area contributed by atoms with Crippen molar-refractivity contribution in [3.05, 3.63) is 78.4 Å². The summed E-state index contributed by atoms with van der Waals surface area (Å²) in [5.41, 5.74) is 5.05. The van der Waals surface area contributed by atoms with Crippen LogP contribution in [0.15, 0.2) is 67.3 Å². The summed E-state index contributed by atoms with van der Waals surface area (Å²) < 4.78 is 12.8. The van der Waals surface area contributed by atoms with E-state index in [1.807, 2.05) is 52.0 Å². The summed E-state index contributed by atoms with van der Waals surface area (Å²) >= 11 is 0. The fraction of sp³-hybridized carbons (Fsp3) is 0.355. The molecule has 6 rings (SSSR count). The number of nitrogens with one attached hydrogen (secondary N) is 1. The molecule has 2 aliphatic heterocycles. The third-order valence-corrected chi connectivity index (χ3v) is 7.80. The van der Waals surface area contributed by atoms with Gasteiger partial charge in [0.15, 0.2) is 5.65 Å². The van der Waals surface area contributed by atoms with Crippen LogP contribution in [0.1, 0.15) is 28.8 Å². The van der Waals surface area contributed by atoms with Gasteiger partial charge in [0.25, 0.3) is 5.91 Å². The van der Waals surface area contributed by atoms with Gasteiger partial charge in [0.05, 0.1) is 37.0 Å². The number of pyridine rings is 2. The van der Waals surface area contributed by atoms with E-state index >= 15 is 0 Å². The molecule has 0 aliphatic carbocycles. The number of aromatic nitrogens is 3. The first-order valence-corrected chi connectivity index (χ1v) is 14.0. The van der Waals surface area contributed by atoms with E-state index in [1.165, 1.54) is 0 Å². The Kier molecular flexibility index (Phi) is 7.93. The molecule has 1 aromatic carbocycles. The topological polar surface area (TPSA) is 101 Å². The predicted molar refractivity (Wildman–Crippen MR) is 155 cm³/mol. The Morgan fingerprint density at radius 2 is 1.83 bits per heavy atom. The molecule has 2 aliphatic rings. The van der Waals surface area contributed by atoms with E-state index in [1.54, 1.807) is 30.5 Å². The Morgan fingerprint density at radius 1 is 1.00 bits per heavy atom. The molecular formula is C31H34N6O4. The summed E-state index contributed by atoms with van der Waals surface area (Å²) in [7, 11) is 1.73. The first kappa shape index (κ1) is 26.9. The molecule has 0 spiro atoms. The first-order valence-electron chi connectivity index (χ1n) is 14.0. The number of carbonyl (C=O) groups is 2. The highest BCUT2D eigenvalue weighted by Gasteiger charge is 2.23. The largest absolute Gasteiger partial charge is 0.381 e. The zero-order valence-electron chi connectivity index (χ0n) is 23.2. The first-order chi connectivity index (χ1) is 20.1. The number of ether oxygens (including phenoxy) is 2. The van der Waals surface area contributed by atoms with Gasteiger partial charge in [0.1, 0.15) is 5.82 Å². The Morgan fingerprint density at radius 3 is 2.59 bits per heavy atom. The van der Waals surface area contributed by atoms with Crippen molar-refractivity contribution in [1.82, 2.24) is 24.2 Å². The lowest BCUT2D eigenvalue weighted by Crippen LogP contribution is -2.41. The SMILES string of the molecule is COC1CCN(C(=O)Cc2cccc(-c3cc(Nc4ccc(C(=O)N5CCOCC5)cn4)c4nccn4c3)c2)CC1. The molecule has 0 radical (unpaired) electrons. The summed E-state index contributed by atoms with van der Waals surface area (Å²) in [4.78, 5) is 38.5. The van der Waals surface area contributed by atoms with Gasteiger partial charge in [-0.1, -0.05) is 24.3 Å². The lowest BCUT2D eigenvalue weighted by Gasteiger charge is -2.31. The maximum absolute atomic E-state index is 13.0. The smallest absolute Gasteiger partial charge is 0.255 e. The van der Waals surface area contributed by atoms with Crippen LogP contribution in [0, 0.1) is 0 Å². The van der Waals surface area contributed by atoms with Crippen molar-refractivity contribution in [2.24, 2.45) is 0 Å². The van der Waals surface area contributed by atoms with Crippen LogP contribution in [-0.2, 0) is 20.7 Å². The average molecular weight is 555 g/mol. The van der Waals surface area contributed by atoms with E-state index in [-0.39, 0.29) is 17.9 Å². The maximum atomic E-state index is 13.0. The van der Waals surface area contributed by atoms with Crippen LogP contribution in [0.25, 0.3) is 16.8 Å². The van der Waals surface area contributed by atoms with Gasteiger partial charge < -0.3 is 29.0 Å². The van der Waals surface area contributed by atoms with E-state index in [0.29, 0.717) is 44.1 Å². The van der Waals surface area contributed by atoms with E-state index in [9.17, 15) is 9.59 Å². The summed E-state index contributed by atoms with van der Waals surface area (Å²) in [5.74, 6) is 0.718. The van der Waals surface area contributed by atoms with Gasteiger partial charge in [-0.3, -0.25) is 9.59 Å². The number of carbonyl (C=O) groups excluding carboxylic acids is 2. The minimum absolute atomic E-state index is 0.0391. The van der Waals surface area contributed by atoms with Gasteiger partial charge in [0.2, 0.25) is 5.91 Å². The molecule has 10 nitrogen and oxygen atoms in total. The van der Waals surface area contributed by atoms with Crippen LogP contribution in [0.3, 0.4) is 0 Å². The quantitative estimate of drug-likeness (QED) is 0.371.